The van der Waals surface area contributed by atoms with Gasteiger partial charge in [0.15, 0.2) is 0 Å². The van der Waals surface area contributed by atoms with Crippen molar-refractivity contribution < 1.29 is 4.79 Å². The van der Waals surface area contributed by atoms with Crippen molar-refractivity contribution in [3.63, 3.8) is 0 Å². The van der Waals surface area contributed by atoms with Crippen molar-refractivity contribution in [3.05, 3.63) is 0 Å². The normalized spacial score (nSPS) is 34.1. The predicted molar refractivity (Wildman–Crippen MR) is 75.9 cm³/mol. The van der Waals surface area contributed by atoms with Gasteiger partial charge in [-0.2, -0.15) is 0 Å². The Morgan fingerprint density at radius 3 is 2.32 bits per heavy atom. The van der Waals surface area contributed by atoms with E-state index in [1.54, 1.807) is 0 Å². The van der Waals surface area contributed by atoms with Gasteiger partial charge in [-0.3, -0.25) is 9.69 Å². The highest BCUT2D eigenvalue weighted by atomic mass is 16.2. The van der Waals surface area contributed by atoms with Gasteiger partial charge in [0.05, 0.1) is 5.92 Å². The molecule has 1 N–H and O–H groups in total. The third-order valence-electron chi connectivity index (χ3n) is 5.30. The number of rotatable bonds is 2. The second-order valence-corrected chi connectivity index (χ2v) is 6.54. The number of nitrogens with zero attached hydrogens (tertiary/aromatic N) is 2. The number of hydrogen-bond donors (Lipinski definition) is 1. The highest BCUT2D eigenvalue weighted by molar-refractivity contribution is 5.79. The number of hydrogen-bond acceptors (Lipinski definition) is 3. The number of carbonyl (C=O) groups excluding carboxylic acids is 1. The number of amides is 1. The van der Waals surface area contributed by atoms with E-state index in [9.17, 15) is 4.79 Å². The lowest BCUT2D eigenvalue weighted by Gasteiger charge is -2.39. The molecule has 108 valence electrons. The Morgan fingerprint density at radius 2 is 1.74 bits per heavy atom. The lowest BCUT2D eigenvalue weighted by Crippen LogP contribution is -2.53. The minimum atomic E-state index is 0.220. The molecule has 1 aliphatic carbocycles. The molecule has 19 heavy (non-hydrogen) atoms. The zero-order chi connectivity index (χ0) is 13.2. The van der Waals surface area contributed by atoms with Gasteiger partial charge < -0.3 is 10.2 Å². The van der Waals surface area contributed by atoms with Crippen molar-refractivity contribution >= 4 is 5.91 Å². The van der Waals surface area contributed by atoms with E-state index in [1.165, 1.54) is 25.7 Å². The van der Waals surface area contributed by atoms with Crippen LogP contribution in [0.5, 0.6) is 0 Å². The first-order valence-electron chi connectivity index (χ1n) is 7.99. The molecular formula is C15H27N3O. The molecule has 0 spiro atoms. The van der Waals surface area contributed by atoms with E-state index in [0.717, 1.165) is 45.3 Å². The summed E-state index contributed by atoms with van der Waals surface area (Å²) in [5.74, 6) is 1.11. The van der Waals surface area contributed by atoms with Crippen molar-refractivity contribution in [2.45, 2.75) is 38.6 Å². The molecule has 0 aromatic heterocycles. The van der Waals surface area contributed by atoms with E-state index in [2.05, 4.69) is 22.0 Å². The summed E-state index contributed by atoms with van der Waals surface area (Å²) < 4.78 is 0. The minimum Gasteiger partial charge on any atom is -0.340 e. The molecule has 2 heterocycles. The third-order valence-corrected chi connectivity index (χ3v) is 5.30. The predicted octanol–water partition coefficient (Wildman–Crippen LogP) is 0.929. The Labute approximate surface area is 116 Å². The van der Waals surface area contributed by atoms with Crippen molar-refractivity contribution in [1.82, 2.24) is 15.1 Å². The van der Waals surface area contributed by atoms with E-state index >= 15 is 0 Å². The highest BCUT2D eigenvalue weighted by Crippen LogP contribution is 2.25. The van der Waals surface area contributed by atoms with Crippen molar-refractivity contribution in [2.24, 2.45) is 11.8 Å². The molecule has 0 radical (unpaired) electrons. The smallest absolute Gasteiger partial charge is 0.227 e. The van der Waals surface area contributed by atoms with Crippen molar-refractivity contribution in [3.8, 4) is 0 Å². The Balaban J connectivity index is 1.50. The van der Waals surface area contributed by atoms with E-state index in [0.29, 0.717) is 11.8 Å². The quantitative estimate of drug-likeness (QED) is 0.807. The standard InChI is InChI=1S/C15H27N3O/c1-12-10-16-11-14(12)15(19)18-8-6-17(7-9-18)13-4-2-3-5-13/h12-14,16H,2-11H2,1H3. The van der Waals surface area contributed by atoms with Gasteiger partial charge in [0.1, 0.15) is 0 Å². The Kier molecular flexibility index (Phi) is 4.08. The topological polar surface area (TPSA) is 35.6 Å². The molecular weight excluding hydrogens is 238 g/mol. The Bertz CT molecular complexity index is 319. The maximum absolute atomic E-state index is 12.5. The Morgan fingerprint density at radius 1 is 1.05 bits per heavy atom. The fourth-order valence-corrected chi connectivity index (χ4v) is 3.95. The summed E-state index contributed by atoms with van der Waals surface area (Å²) in [5, 5.41) is 3.34. The monoisotopic (exact) mass is 265 g/mol. The van der Waals surface area contributed by atoms with Crippen LogP contribution in [0.1, 0.15) is 32.6 Å². The number of nitrogens with one attached hydrogen (secondary N) is 1. The molecule has 3 aliphatic rings. The van der Waals surface area contributed by atoms with Crippen LogP contribution in [-0.2, 0) is 4.79 Å². The van der Waals surface area contributed by atoms with Crippen LogP contribution in [0.2, 0.25) is 0 Å². The molecule has 1 saturated carbocycles. The molecule has 0 aromatic rings. The molecule has 2 atom stereocenters. The number of carbonyl (C=O) groups is 1. The minimum absolute atomic E-state index is 0.220. The number of piperazine rings is 1. The van der Waals surface area contributed by atoms with Crippen LogP contribution in [-0.4, -0.2) is 61.0 Å². The summed E-state index contributed by atoms with van der Waals surface area (Å²) in [6.45, 7) is 8.13. The zero-order valence-corrected chi connectivity index (χ0v) is 12.1. The first-order valence-corrected chi connectivity index (χ1v) is 7.99. The zero-order valence-electron chi connectivity index (χ0n) is 12.1. The molecule has 2 unspecified atom stereocenters. The maximum atomic E-state index is 12.5. The van der Waals surface area contributed by atoms with Gasteiger partial charge in [-0.1, -0.05) is 19.8 Å². The second-order valence-electron chi connectivity index (χ2n) is 6.54. The SMILES string of the molecule is CC1CNCC1C(=O)N1CCN(C2CCCC2)CC1. The molecule has 4 nitrogen and oxygen atoms in total. The van der Waals surface area contributed by atoms with Gasteiger partial charge >= 0.3 is 0 Å². The fourth-order valence-electron chi connectivity index (χ4n) is 3.95. The van der Waals surface area contributed by atoms with Crippen LogP contribution >= 0.6 is 0 Å². The van der Waals surface area contributed by atoms with Gasteiger partial charge in [0.25, 0.3) is 0 Å². The fraction of sp³-hybridized carbons (Fsp3) is 0.933. The summed E-state index contributed by atoms with van der Waals surface area (Å²) in [6, 6.07) is 0.810. The van der Waals surface area contributed by atoms with E-state index in [-0.39, 0.29) is 5.92 Å². The van der Waals surface area contributed by atoms with Crippen LogP contribution < -0.4 is 5.32 Å². The maximum Gasteiger partial charge on any atom is 0.227 e. The third kappa shape index (κ3) is 2.79. The first kappa shape index (κ1) is 13.4. The van der Waals surface area contributed by atoms with Crippen molar-refractivity contribution in [1.29, 1.82) is 0 Å². The Hall–Kier alpha value is -0.610. The average Bonchev–Trinajstić information content (AvgIpc) is 3.09. The summed E-state index contributed by atoms with van der Waals surface area (Å²) >= 11 is 0. The van der Waals surface area contributed by atoms with Crippen LogP contribution in [0.4, 0.5) is 0 Å². The second kappa shape index (κ2) is 5.80. The summed E-state index contributed by atoms with van der Waals surface area (Å²) in [5.41, 5.74) is 0. The van der Waals surface area contributed by atoms with Crippen LogP contribution in [0, 0.1) is 11.8 Å². The van der Waals surface area contributed by atoms with Gasteiger partial charge in [-0.05, 0) is 25.3 Å². The van der Waals surface area contributed by atoms with Gasteiger partial charge in [-0.15, -0.1) is 0 Å². The molecule has 2 aliphatic heterocycles. The lowest BCUT2D eigenvalue weighted by atomic mass is 9.96. The average molecular weight is 265 g/mol. The summed E-state index contributed by atoms with van der Waals surface area (Å²) in [4.78, 5) is 17.2. The molecule has 4 heteroatoms. The van der Waals surface area contributed by atoms with Gasteiger partial charge in [0.2, 0.25) is 5.91 Å². The highest BCUT2D eigenvalue weighted by Gasteiger charge is 2.35. The molecule has 2 saturated heterocycles. The van der Waals surface area contributed by atoms with Gasteiger partial charge in [0, 0.05) is 38.8 Å². The summed E-state index contributed by atoms with van der Waals surface area (Å²) in [6.07, 6.45) is 5.54. The summed E-state index contributed by atoms with van der Waals surface area (Å²) in [7, 11) is 0. The van der Waals surface area contributed by atoms with E-state index in [4.69, 9.17) is 0 Å². The lowest BCUT2D eigenvalue weighted by molar-refractivity contribution is -0.138. The molecule has 1 amide bonds. The molecule has 3 fully saturated rings. The molecule has 0 aromatic carbocycles. The molecule has 0 bridgehead atoms. The van der Waals surface area contributed by atoms with Crippen LogP contribution in [0.25, 0.3) is 0 Å². The van der Waals surface area contributed by atoms with E-state index < -0.39 is 0 Å². The van der Waals surface area contributed by atoms with Crippen molar-refractivity contribution in [2.75, 3.05) is 39.3 Å². The van der Waals surface area contributed by atoms with E-state index in [1.807, 2.05) is 0 Å². The van der Waals surface area contributed by atoms with Crippen LogP contribution in [0.3, 0.4) is 0 Å². The first-order chi connectivity index (χ1) is 9.25. The van der Waals surface area contributed by atoms with Crippen LogP contribution in [0.15, 0.2) is 0 Å². The largest absolute Gasteiger partial charge is 0.340 e. The van der Waals surface area contributed by atoms with Gasteiger partial charge in [-0.25, -0.2) is 0 Å². The molecule has 3 rings (SSSR count).